The molecular weight excluding hydrogens is 232 g/mol. The Morgan fingerprint density at radius 3 is 2.21 bits per heavy atom. The largest absolute Gasteiger partial charge is 0.313 e. The molecule has 4 aliphatic carbocycles. The van der Waals surface area contributed by atoms with Crippen molar-refractivity contribution in [3.63, 3.8) is 0 Å². The molecule has 0 aromatic heterocycles. The molecule has 0 spiro atoms. The van der Waals surface area contributed by atoms with Crippen LogP contribution in [-0.4, -0.2) is 37.6 Å². The average Bonchev–Trinajstić information content (AvgIpc) is 2.73. The van der Waals surface area contributed by atoms with Crippen LogP contribution < -0.4 is 5.32 Å². The van der Waals surface area contributed by atoms with E-state index in [2.05, 4.69) is 17.3 Å². The van der Waals surface area contributed by atoms with Crippen LogP contribution in [0.4, 0.5) is 0 Å². The van der Waals surface area contributed by atoms with Gasteiger partial charge in [-0.15, -0.1) is 0 Å². The summed E-state index contributed by atoms with van der Waals surface area (Å²) >= 11 is 0. The van der Waals surface area contributed by atoms with E-state index < -0.39 is 0 Å². The summed E-state index contributed by atoms with van der Waals surface area (Å²) in [4.78, 5) is 2.46. The second-order valence-electron chi connectivity index (χ2n) is 8.37. The molecule has 5 rings (SSSR count). The number of nitrogens with zero attached hydrogens (tertiary/aromatic N) is 1. The smallest absolute Gasteiger partial charge is 0.0207 e. The molecular formula is C17H30N2. The summed E-state index contributed by atoms with van der Waals surface area (Å²) in [6.45, 7) is 3.83. The normalized spacial score (nSPS) is 49.1. The fraction of sp³-hybridized carbons (Fsp3) is 1.00. The minimum Gasteiger partial charge on any atom is -0.313 e. The number of hydrogen-bond donors (Lipinski definition) is 1. The van der Waals surface area contributed by atoms with Gasteiger partial charge in [0.2, 0.25) is 0 Å². The highest BCUT2D eigenvalue weighted by atomic mass is 15.2. The van der Waals surface area contributed by atoms with Crippen molar-refractivity contribution in [3.8, 4) is 0 Å². The molecule has 1 atom stereocenters. The quantitative estimate of drug-likeness (QED) is 0.838. The fourth-order valence-electron chi connectivity index (χ4n) is 6.24. The zero-order valence-corrected chi connectivity index (χ0v) is 12.5. The first-order valence-corrected chi connectivity index (χ1v) is 8.63. The molecule has 1 aliphatic heterocycles. The molecule has 0 radical (unpaired) electrons. The van der Waals surface area contributed by atoms with Gasteiger partial charge in [0.25, 0.3) is 0 Å². The molecule has 19 heavy (non-hydrogen) atoms. The maximum Gasteiger partial charge on any atom is 0.0207 e. The molecule has 4 bridgehead atoms. The summed E-state index contributed by atoms with van der Waals surface area (Å²) in [6, 6.07) is 0.777. The van der Waals surface area contributed by atoms with Crippen LogP contribution in [0.1, 0.15) is 51.4 Å². The van der Waals surface area contributed by atoms with Crippen LogP contribution >= 0.6 is 0 Å². The van der Waals surface area contributed by atoms with E-state index in [0.29, 0.717) is 0 Å². The van der Waals surface area contributed by atoms with Gasteiger partial charge in [0.1, 0.15) is 0 Å². The van der Waals surface area contributed by atoms with Crippen LogP contribution in [0.2, 0.25) is 0 Å². The highest BCUT2D eigenvalue weighted by Gasteiger charge is 2.50. The monoisotopic (exact) mass is 262 g/mol. The van der Waals surface area contributed by atoms with Gasteiger partial charge in [0, 0.05) is 12.6 Å². The average molecular weight is 262 g/mol. The molecule has 4 saturated carbocycles. The van der Waals surface area contributed by atoms with Crippen molar-refractivity contribution in [1.82, 2.24) is 10.2 Å². The maximum absolute atomic E-state index is 3.85. The van der Waals surface area contributed by atoms with E-state index in [4.69, 9.17) is 0 Å². The van der Waals surface area contributed by atoms with Crippen molar-refractivity contribution in [2.75, 3.05) is 26.7 Å². The molecule has 1 N–H and O–H groups in total. The van der Waals surface area contributed by atoms with Gasteiger partial charge >= 0.3 is 0 Å². The van der Waals surface area contributed by atoms with Gasteiger partial charge in [-0.25, -0.2) is 0 Å². The Kier molecular flexibility index (Phi) is 3.15. The molecule has 108 valence electrons. The predicted octanol–water partition coefficient (Wildman–Crippen LogP) is 2.89. The van der Waals surface area contributed by atoms with Crippen molar-refractivity contribution < 1.29 is 0 Å². The van der Waals surface area contributed by atoms with E-state index in [9.17, 15) is 0 Å². The van der Waals surface area contributed by atoms with Crippen LogP contribution in [-0.2, 0) is 0 Å². The Hall–Kier alpha value is -0.0800. The number of likely N-dealkylation sites (tertiary alicyclic amines) is 1. The minimum atomic E-state index is 0.770. The minimum absolute atomic E-state index is 0.770. The molecule has 5 aliphatic rings. The number of nitrogens with one attached hydrogen (secondary N) is 1. The molecule has 0 amide bonds. The lowest BCUT2D eigenvalue weighted by Gasteiger charge is -2.57. The molecule has 1 saturated heterocycles. The van der Waals surface area contributed by atoms with Gasteiger partial charge in [0.15, 0.2) is 0 Å². The van der Waals surface area contributed by atoms with E-state index in [1.54, 1.807) is 38.5 Å². The lowest BCUT2D eigenvalue weighted by molar-refractivity contribution is -0.0569. The van der Waals surface area contributed by atoms with Crippen LogP contribution in [0, 0.1) is 23.2 Å². The van der Waals surface area contributed by atoms with Gasteiger partial charge in [-0.2, -0.15) is 0 Å². The maximum atomic E-state index is 3.85. The first-order valence-electron chi connectivity index (χ1n) is 8.63. The van der Waals surface area contributed by atoms with Crippen LogP contribution in [0.3, 0.4) is 0 Å². The molecule has 2 heteroatoms. The van der Waals surface area contributed by atoms with Gasteiger partial charge < -0.3 is 10.2 Å². The topological polar surface area (TPSA) is 15.3 Å². The van der Waals surface area contributed by atoms with Crippen LogP contribution in [0.5, 0.6) is 0 Å². The van der Waals surface area contributed by atoms with E-state index in [1.807, 2.05) is 0 Å². The first-order chi connectivity index (χ1) is 9.21. The number of hydrogen-bond acceptors (Lipinski definition) is 2. The van der Waals surface area contributed by atoms with E-state index in [1.165, 1.54) is 32.5 Å². The first kappa shape index (κ1) is 12.6. The summed E-state index contributed by atoms with van der Waals surface area (Å²) < 4.78 is 0. The van der Waals surface area contributed by atoms with Gasteiger partial charge in [0.05, 0.1) is 0 Å². The number of rotatable bonds is 4. The zero-order chi connectivity index (χ0) is 12.9. The fourth-order valence-corrected chi connectivity index (χ4v) is 6.24. The lowest BCUT2D eigenvalue weighted by Crippen LogP contribution is -2.47. The Morgan fingerprint density at radius 2 is 1.68 bits per heavy atom. The highest BCUT2D eigenvalue weighted by molar-refractivity contribution is 5.01. The predicted molar refractivity (Wildman–Crippen MR) is 79.1 cm³/mol. The van der Waals surface area contributed by atoms with E-state index in [0.717, 1.165) is 29.2 Å². The van der Waals surface area contributed by atoms with Crippen molar-refractivity contribution in [2.24, 2.45) is 23.2 Å². The van der Waals surface area contributed by atoms with Crippen molar-refractivity contribution in [1.29, 1.82) is 0 Å². The zero-order valence-electron chi connectivity index (χ0n) is 12.5. The van der Waals surface area contributed by atoms with Crippen molar-refractivity contribution >= 4 is 0 Å². The second-order valence-corrected chi connectivity index (χ2v) is 8.37. The Morgan fingerprint density at radius 1 is 1.05 bits per heavy atom. The SMILES string of the molecule is CN1CCC(NCCC23CC4CC(CC(C4)C2)C3)C1. The Labute approximate surface area is 118 Å². The molecule has 5 fully saturated rings. The third-order valence-electron chi connectivity index (χ3n) is 6.64. The van der Waals surface area contributed by atoms with E-state index >= 15 is 0 Å². The van der Waals surface area contributed by atoms with E-state index in [-0.39, 0.29) is 0 Å². The second kappa shape index (κ2) is 4.73. The van der Waals surface area contributed by atoms with Crippen molar-refractivity contribution in [3.05, 3.63) is 0 Å². The van der Waals surface area contributed by atoms with Gasteiger partial charge in [-0.1, -0.05) is 0 Å². The molecule has 0 aromatic carbocycles. The standard InChI is InChI=1S/C17H30N2/c1-19-5-2-16(12-19)18-4-3-17-9-13-6-14(10-17)8-15(7-13)11-17/h13-16,18H,2-12H2,1H3. The van der Waals surface area contributed by atoms with Gasteiger partial charge in [-0.3, -0.25) is 0 Å². The molecule has 1 unspecified atom stereocenters. The highest BCUT2D eigenvalue weighted by Crippen LogP contribution is 2.61. The molecule has 1 heterocycles. The Balaban J connectivity index is 1.30. The third kappa shape index (κ3) is 2.47. The van der Waals surface area contributed by atoms with Crippen LogP contribution in [0.15, 0.2) is 0 Å². The summed E-state index contributed by atoms with van der Waals surface area (Å²) in [5.41, 5.74) is 0.770. The van der Waals surface area contributed by atoms with Crippen molar-refractivity contribution in [2.45, 2.75) is 57.4 Å². The summed E-state index contributed by atoms with van der Waals surface area (Å²) in [7, 11) is 2.25. The molecule has 0 aromatic rings. The summed E-state index contributed by atoms with van der Waals surface area (Å²) in [5.74, 6) is 3.34. The summed E-state index contributed by atoms with van der Waals surface area (Å²) in [5, 5.41) is 3.85. The third-order valence-corrected chi connectivity index (χ3v) is 6.64. The molecule has 2 nitrogen and oxygen atoms in total. The summed E-state index contributed by atoms with van der Waals surface area (Å²) in [6.07, 6.45) is 12.3. The Bertz CT molecular complexity index is 303. The van der Waals surface area contributed by atoms with Crippen LogP contribution in [0.25, 0.3) is 0 Å². The number of likely N-dealkylation sites (N-methyl/N-ethyl adjacent to an activating group) is 1. The van der Waals surface area contributed by atoms with Gasteiger partial charge in [-0.05, 0) is 94.7 Å². The lowest BCUT2D eigenvalue weighted by atomic mass is 9.49.